The molecule has 4 aromatic rings. The Balaban J connectivity index is 0.000000204. The lowest BCUT2D eigenvalue weighted by Crippen LogP contribution is -2.48. The van der Waals surface area contributed by atoms with Crippen molar-refractivity contribution in [2.24, 2.45) is 0 Å². The summed E-state index contributed by atoms with van der Waals surface area (Å²) >= 11 is 24.0. The van der Waals surface area contributed by atoms with Crippen LogP contribution in [0.3, 0.4) is 0 Å². The highest BCUT2D eigenvalue weighted by Crippen LogP contribution is 2.25. The number of nitrogens with zero attached hydrogens (tertiary/aromatic N) is 8. The van der Waals surface area contributed by atoms with Crippen LogP contribution in [0, 0.1) is 0 Å². The fraction of sp³-hybridized carbons (Fsp3) is 0.459. The lowest BCUT2D eigenvalue weighted by molar-refractivity contribution is -0.131. The number of halogens is 4. The quantitative estimate of drug-likeness (QED) is 0.149. The molecule has 2 aliphatic rings. The molecule has 0 aliphatic carbocycles. The molecular formula is C37H46Cl4N8O4. The van der Waals surface area contributed by atoms with Gasteiger partial charge in [0.25, 0.3) is 0 Å². The second-order valence-corrected chi connectivity index (χ2v) is 14.5. The molecule has 0 unspecified atom stereocenters. The van der Waals surface area contributed by atoms with Gasteiger partial charge < -0.3 is 19.3 Å². The predicted molar refractivity (Wildman–Crippen MR) is 208 cm³/mol. The fourth-order valence-electron chi connectivity index (χ4n) is 5.93. The van der Waals surface area contributed by atoms with Crippen molar-refractivity contribution >= 4 is 58.2 Å². The van der Waals surface area contributed by atoms with Gasteiger partial charge in [0.15, 0.2) is 0 Å². The molecule has 2 aliphatic heterocycles. The van der Waals surface area contributed by atoms with Crippen LogP contribution in [0.1, 0.15) is 31.7 Å². The zero-order valence-electron chi connectivity index (χ0n) is 30.1. The van der Waals surface area contributed by atoms with E-state index in [1.165, 1.54) is 0 Å². The van der Waals surface area contributed by atoms with Crippen molar-refractivity contribution in [3.05, 3.63) is 92.4 Å². The molecule has 12 nitrogen and oxygen atoms in total. The zero-order valence-corrected chi connectivity index (χ0v) is 33.1. The van der Waals surface area contributed by atoms with Crippen LogP contribution in [-0.2, 0) is 32.3 Å². The van der Waals surface area contributed by atoms with Crippen molar-refractivity contribution in [1.29, 1.82) is 0 Å². The van der Waals surface area contributed by atoms with Crippen LogP contribution in [-0.4, -0.2) is 130 Å². The summed E-state index contributed by atoms with van der Waals surface area (Å²) < 4.78 is 15.0. The largest absolute Gasteiger partial charge is 0.375 e. The van der Waals surface area contributed by atoms with E-state index in [2.05, 4.69) is 20.0 Å². The van der Waals surface area contributed by atoms with Crippen LogP contribution in [0.4, 0.5) is 0 Å². The van der Waals surface area contributed by atoms with Crippen molar-refractivity contribution in [3.8, 4) is 11.4 Å². The SMILES string of the molecule is CC(=O)N1CCN(CCCOCc2ccn(-c3ccc(Cl)c(Cl)c3)n2)CC1.CC(=O)N1CCN(CCOCc2ccn(-c3ccc(Cl)c(Cl)c3)n2)CC1. The van der Waals surface area contributed by atoms with Crippen LogP contribution >= 0.6 is 46.4 Å². The molecule has 0 saturated carbocycles. The maximum absolute atomic E-state index is 11.3. The number of hydrogen-bond donors (Lipinski definition) is 0. The number of hydrogen-bond acceptors (Lipinski definition) is 8. The summed E-state index contributed by atoms with van der Waals surface area (Å²) in [5.41, 5.74) is 3.45. The third-order valence-corrected chi connectivity index (χ3v) is 10.6. The van der Waals surface area contributed by atoms with Crippen molar-refractivity contribution < 1.29 is 19.1 Å². The normalized spacial score (nSPS) is 15.4. The molecule has 53 heavy (non-hydrogen) atoms. The highest BCUT2D eigenvalue weighted by molar-refractivity contribution is 6.42. The number of carbonyl (C=O) groups excluding carboxylic acids is 2. The Morgan fingerprint density at radius 2 is 1.02 bits per heavy atom. The minimum absolute atomic E-state index is 0.151. The standard InChI is InChI=1S/C19H24Cl2N4O2.C18H22Cl2N4O2/c1-15(26)24-10-8-23(9-11-24)6-2-12-27-14-16-5-7-25(22-16)17-3-4-18(20)19(21)13-17;1-14(25)23-8-6-22(7-9-23)10-11-26-13-15-4-5-24(21-15)16-2-3-17(19)18(20)12-16/h3-5,7,13H,2,6,8-12,14H2,1H3;2-5,12H,6-11,13H2,1H3. The van der Waals surface area contributed by atoms with E-state index in [4.69, 9.17) is 55.9 Å². The summed E-state index contributed by atoms with van der Waals surface area (Å²) in [6, 6.07) is 14.7. The van der Waals surface area contributed by atoms with Crippen LogP contribution in [0.25, 0.3) is 11.4 Å². The van der Waals surface area contributed by atoms with Gasteiger partial charge >= 0.3 is 0 Å². The van der Waals surface area contributed by atoms with E-state index in [0.29, 0.717) is 46.5 Å². The van der Waals surface area contributed by atoms with E-state index in [9.17, 15) is 9.59 Å². The van der Waals surface area contributed by atoms with E-state index < -0.39 is 0 Å². The Morgan fingerprint density at radius 1 is 0.585 bits per heavy atom. The predicted octanol–water partition coefficient (Wildman–Crippen LogP) is 6.11. The minimum atomic E-state index is 0.151. The van der Waals surface area contributed by atoms with Gasteiger partial charge in [-0.1, -0.05) is 46.4 Å². The Bertz CT molecular complexity index is 1790. The van der Waals surface area contributed by atoms with Crippen LogP contribution in [0.15, 0.2) is 60.9 Å². The molecule has 2 fully saturated rings. The topological polar surface area (TPSA) is 101 Å². The summed E-state index contributed by atoms with van der Waals surface area (Å²) in [6.45, 7) is 14.3. The number of carbonyl (C=O) groups is 2. The summed E-state index contributed by atoms with van der Waals surface area (Å²) in [5.74, 6) is 0.316. The molecule has 0 bridgehead atoms. The second-order valence-electron chi connectivity index (χ2n) is 12.9. The monoisotopic (exact) mass is 806 g/mol. The fourth-order valence-corrected chi connectivity index (χ4v) is 6.51. The molecule has 0 radical (unpaired) electrons. The third kappa shape index (κ3) is 12.7. The zero-order chi connectivity index (χ0) is 37.7. The van der Waals surface area contributed by atoms with Gasteiger partial charge in [0.1, 0.15) is 0 Å². The maximum atomic E-state index is 11.3. The first-order chi connectivity index (χ1) is 25.5. The number of ether oxygens (including phenoxy) is 2. The molecule has 4 heterocycles. The first-order valence-corrected chi connectivity index (χ1v) is 19.2. The van der Waals surface area contributed by atoms with Gasteiger partial charge in [-0.3, -0.25) is 19.4 Å². The summed E-state index contributed by atoms with van der Waals surface area (Å²) in [7, 11) is 0. The average Bonchev–Trinajstić information content (AvgIpc) is 3.83. The Hall–Kier alpha value is -3.20. The van der Waals surface area contributed by atoms with E-state index in [-0.39, 0.29) is 11.8 Å². The molecule has 0 atom stereocenters. The van der Waals surface area contributed by atoms with Gasteiger partial charge in [-0.05, 0) is 55.0 Å². The van der Waals surface area contributed by atoms with Crippen LogP contribution < -0.4 is 0 Å². The van der Waals surface area contributed by atoms with Crippen LogP contribution in [0.5, 0.6) is 0 Å². The van der Waals surface area contributed by atoms with Gasteiger partial charge in [-0.15, -0.1) is 0 Å². The highest BCUT2D eigenvalue weighted by Gasteiger charge is 2.19. The average molecular weight is 809 g/mol. The van der Waals surface area contributed by atoms with Crippen molar-refractivity contribution in [1.82, 2.24) is 39.2 Å². The first kappa shape index (κ1) is 41.0. The lowest BCUT2D eigenvalue weighted by atomic mass is 10.3. The number of piperazine rings is 2. The molecule has 16 heteroatoms. The van der Waals surface area contributed by atoms with Crippen molar-refractivity contribution in [3.63, 3.8) is 0 Å². The van der Waals surface area contributed by atoms with Gasteiger partial charge in [0, 0.05) is 98.3 Å². The number of aromatic nitrogens is 4. The highest BCUT2D eigenvalue weighted by atomic mass is 35.5. The van der Waals surface area contributed by atoms with Gasteiger partial charge in [0.05, 0.1) is 62.7 Å². The van der Waals surface area contributed by atoms with E-state index in [0.717, 1.165) is 94.6 Å². The maximum Gasteiger partial charge on any atom is 0.219 e. The van der Waals surface area contributed by atoms with Crippen molar-refractivity contribution in [2.75, 3.05) is 78.7 Å². The molecule has 6 rings (SSSR count). The van der Waals surface area contributed by atoms with E-state index >= 15 is 0 Å². The number of benzene rings is 2. The summed E-state index contributed by atoms with van der Waals surface area (Å²) in [5, 5.41) is 11.1. The smallest absolute Gasteiger partial charge is 0.219 e. The number of amides is 2. The lowest BCUT2D eigenvalue weighted by Gasteiger charge is -2.34. The molecule has 0 N–H and O–H groups in total. The Morgan fingerprint density at radius 3 is 1.45 bits per heavy atom. The van der Waals surface area contributed by atoms with Crippen LogP contribution in [0.2, 0.25) is 20.1 Å². The number of rotatable bonds is 13. The van der Waals surface area contributed by atoms with Gasteiger partial charge in [0.2, 0.25) is 11.8 Å². The first-order valence-electron chi connectivity index (χ1n) is 17.7. The molecule has 0 spiro atoms. The molecular weight excluding hydrogens is 762 g/mol. The third-order valence-electron chi connectivity index (χ3n) is 9.07. The molecule has 2 saturated heterocycles. The molecule has 2 amide bonds. The molecule has 2 aromatic carbocycles. The van der Waals surface area contributed by atoms with E-state index in [1.54, 1.807) is 47.5 Å². The Labute approximate surface area is 331 Å². The minimum Gasteiger partial charge on any atom is -0.375 e. The summed E-state index contributed by atoms with van der Waals surface area (Å²) in [6.07, 6.45) is 4.72. The molecule has 286 valence electrons. The Kier molecular flexibility index (Phi) is 15.8. The van der Waals surface area contributed by atoms with Gasteiger partial charge in [-0.25, -0.2) is 9.36 Å². The second kappa shape index (κ2) is 20.5. The van der Waals surface area contributed by atoms with Gasteiger partial charge in [-0.2, -0.15) is 10.2 Å². The summed E-state index contributed by atoms with van der Waals surface area (Å²) in [4.78, 5) is 31.1. The van der Waals surface area contributed by atoms with E-state index in [1.807, 2.05) is 46.5 Å². The molecule has 2 aromatic heterocycles. The van der Waals surface area contributed by atoms with Crippen molar-refractivity contribution in [2.45, 2.75) is 33.5 Å².